The number of guanidine groups is 1. The van der Waals surface area contributed by atoms with Gasteiger partial charge in [-0.25, -0.2) is 4.79 Å². The molecule has 29 heavy (non-hydrogen) atoms. The fourth-order valence-corrected chi connectivity index (χ4v) is 3.61. The summed E-state index contributed by atoms with van der Waals surface area (Å²) in [5.41, 5.74) is 2.39. The van der Waals surface area contributed by atoms with Crippen LogP contribution in [0, 0.1) is 6.92 Å². The van der Waals surface area contributed by atoms with Crippen molar-refractivity contribution in [1.82, 2.24) is 20.4 Å². The van der Waals surface area contributed by atoms with Crippen LogP contribution in [0.3, 0.4) is 0 Å². The third-order valence-electron chi connectivity index (χ3n) is 4.95. The van der Waals surface area contributed by atoms with Crippen LogP contribution >= 0.6 is 35.6 Å². The van der Waals surface area contributed by atoms with E-state index in [9.17, 15) is 9.59 Å². The molecule has 0 aromatic heterocycles. The fourth-order valence-electron chi connectivity index (χ4n) is 3.45. The summed E-state index contributed by atoms with van der Waals surface area (Å²) < 4.78 is 0. The highest BCUT2D eigenvalue weighted by Crippen LogP contribution is 2.25. The number of imide groups is 1. The number of halogens is 2. The maximum atomic E-state index is 11.7. The molecule has 2 aliphatic rings. The Labute approximate surface area is 193 Å². The summed E-state index contributed by atoms with van der Waals surface area (Å²) in [6, 6.07) is 5.64. The van der Waals surface area contributed by atoms with Crippen LogP contribution in [0.5, 0.6) is 0 Å². The molecule has 0 saturated carbocycles. The second-order valence-electron chi connectivity index (χ2n) is 6.84. The van der Waals surface area contributed by atoms with E-state index in [-0.39, 0.29) is 42.5 Å². The predicted molar refractivity (Wildman–Crippen MR) is 126 cm³/mol. The van der Waals surface area contributed by atoms with Gasteiger partial charge >= 0.3 is 6.03 Å². The smallest absolute Gasteiger partial charge is 0.324 e. The number of aliphatic imine (C=N–C) groups is 1. The number of hydrogen-bond donors (Lipinski definition) is 2. The number of rotatable bonds is 5. The summed E-state index contributed by atoms with van der Waals surface area (Å²) in [5, 5.41) is 6.58. The summed E-state index contributed by atoms with van der Waals surface area (Å²) in [4.78, 5) is 33.7. The zero-order valence-corrected chi connectivity index (χ0v) is 19.9. The Bertz CT molecular complexity index is 751. The Hall–Kier alpha value is -1.75. The van der Waals surface area contributed by atoms with Crippen molar-refractivity contribution < 1.29 is 9.59 Å². The maximum absolute atomic E-state index is 11.7. The Balaban J connectivity index is 0.00000300. The molecule has 0 radical (unpaired) electrons. The highest BCUT2D eigenvalue weighted by atomic mass is 127. The number of anilines is 1. The summed E-state index contributed by atoms with van der Waals surface area (Å²) >= 11 is 6.17. The Morgan fingerprint density at radius 2 is 1.97 bits per heavy atom. The van der Waals surface area contributed by atoms with Gasteiger partial charge in [-0.05, 0) is 31.5 Å². The highest BCUT2D eigenvalue weighted by molar-refractivity contribution is 14.0. The molecule has 2 fully saturated rings. The van der Waals surface area contributed by atoms with Crippen molar-refractivity contribution >= 4 is 59.2 Å². The average Bonchev–Trinajstić information content (AvgIpc) is 3.01. The first-order chi connectivity index (χ1) is 13.5. The van der Waals surface area contributed by atoms with Crippen molar-refractivity contribution in [3.8, 4) is 0 Å². The van der Waals surface area contributed by atoms with E-state index in [2.05, 4.69) is 32.3 Å². The van der Waals surface area contributed by atoms with Crippen LogP contribution in [0.4, 0.5) is 10.5 Å². The van der Waals surface area contributed by atoms with E-state index in [0.717, 1.165) is 43.7 Å². The fraction of sp³-hybridized carbons (Fsp3) is 0.526. The summed E-state index contributed by atoms with van der Waals surface area (Å²) in [5.74, 6) is 0.618. The quantitative estimate of drug-likeness (QED) is 0.261. The van der Waals surface area contributed by atoms with Crippen LogP contribution in [-0.4, -0.2) is 80.1 Å². The normalized spacial score (nSPS) is 17.3. The van der Waals surface area contributed by atoms with E-state index in [4.69, 9.17) is 11.6 Å². The van der Waals surface area contributed by atoms with Crippen LogP contribution in [-0.2, 0) is 4.79 Å². The second kappa shape index (κ2) is 10.9. The van der Waals surface area contributed by atoms with Crippen LogP contribution in [0.1, 0.15) is 12.5 Å². The second-order valence-corrected chi connectivity index (χ2v) is 7.28. The van der Waals surface area contributed by atoms with Crippen molar-refractivity contribution in [3.63, 3.8) is 0 Å². The number of carbonyl (C=O) groups is 2. The summed E-state index contributed by atoms with van der Waals surface area (Å²) in [7, 11) is 0. The molecule has 8 nitrogen and oxygen atoms in total. The lowest BCUT2D eigenvalue weighted by molar-refractivity contribution is -0.124. The van der Waals surface area contributed by atoms with Crippen molar-refractivity contribution in [2.24, 2.45) is 4.99 Å². The topological polar surface area (TPSA) is 80.3 Å². The van der Waals surface area contributed by atoms with Gasteiger partial charge in [0, 0.05) is 43.4 Å². The van der Waals surface area contributed by atoms with Crippen LogP contribution < -0.4 is 15.5 Å². The number of nitrogens with zero attached hydrogens (tertiary/aromatic N) is 4. The molecule has 3 rings (SSSR count). The van der Waals surface area contributed by atoms with Crippen LogP contribution in [0.2, 0.25) is 5.02 Å². The Morgan fingerprint density at radius 1 is 1.24 bits per heavy atom. The first kappa shape index (κ1) is 23.5. The molecule has 2 saturated heterocycles. The lowest BCUT2D eigenvalue weighted by Gasteiger charge is -2.38. The number of carbonyl (C=O) groups excluding carboxylic acids is 2. The van der Waals surface area contributed by atoms with Crippen molar-refractivity contribution in [3.05, 3.63) is 28.8 Å². The number of amides is 3. The van der Waals surface area contributed by atoms with E-state index in [1.165, 1.54) is 16.2 Å². The van der Waals surface area contributed by atoms with Gasteiger partial charge in [0.2, 0.25) is 5.91 Å². The van der Waals surface area contributed by atoms with Gasteiger partial charge in [0.15, 0.2) is 5.96 Å². The largest absolute Gasteiger partial charge is 0.368 e. The molecule has 0 bridgehead atoms. The number of piperazine rings is 1. The molecule has 160 valence electrons. The minimum atomic E-state index is -0.337. The van der Waals surface area contributed by atoms with Crippen LogP contribution in [0.25, 0.3) is 0 Å². The first-order valence-electron chi connectivity index (χ1n) is 9.62. The molecule has 1 aromatic carbocycles. The predicted octanol–water partition coefficient (Wildman–Crippen LogP) is 1.91. The van der Waals surface area contributed by atoms with Gasteiger partial charge in [-0.3, -0.25) is 14.7 Å². The Kier molecular flexibility index (Phi) is 8.81. The van der Waals surface area contributed by atoms with Crippen LogP contribution in [0.15, 0.2) is 23.2 Å². The van der Waals surface area contributed by atoms with E-state index in [0.29, 0.717) is 13.1 Å². The minimum Gasteiger partial charge on any atom is -0.368 e. The SMILES string of the molecule is CCNC(=NCCN1C(=O)CNC1=O)N1CCN(c2cc(Cl)ccc2C)CC1.I. The molecular weight excluding hydrogens is 507 g/mol. The summed E-state index contributed by atoms with van der Waals surface area (Å²) in [6.07, 6.45) is 0. The molecule has 2 N–H and O–H groups in total. The lowest BCUT2D eigenvalue weighted by atomic mass is 10.1. The van der Waals surface area contributed by atoms with E-state index in [1.54, 1.807) is 0 Å². The molecule has 0 unspecified atom stereocenters. The van der Waals surface area contributed by atoms with Crippen molar-refractivity contribution in [2.45, 2.75) is 13.8 Å². The zero-order chi connectivity index (χ0) is 20.1. The standard InChI is InChI=1S/C19H27ClN6O2.HI/c1-3-21-18(22-6-7-26-17(27)13-23-19(26)28)25-10-8-24(9-11-25)16-12-15(20)5-4-14(16)2;/h4-5,12H,3,6-11,13H2,1-2H3,(H,21,22)(H,23,28);1H. The number of hydrogen-bond acceptors (Lipinski definition) is 4. The van der Waals surface area contributed by atoms with Gasteiger partial charge in [0.25, 0.3) is 0 Å². The minimum absolute atomic E-state index is 0. The molecule has 0 aliphatic carbocycles. The monoisotopic (exact) mass is 534 g/mol. The third kappa shape index (κ3) is 5.88. The van der Waals surface area contributed by atoms with E-state index >= 15 is 0 Å². The van der Waals surface area contributed by atoms with Crippen molar-refractivity contribution in [1.29, 1.82) is 0 Å². The number of nitrogens with one attached hydrogen (secondary N) is 2. The highest BCUT2D eigenvalue weighted by Gasteiger charge is 2.28. The van der Waals surface area contributed by atoms with Gasteiger partial charge < -0.3 is 20.4 Å². The molecule has 3 amide bonds. The number of benzene rings is 1. The molecule has 2 heterocycles. The first-order valence-corrected chi connectivity index (χ1v) is 10.00. The van der Waals surface area contributed by atoms with Crippen molar-refractivity contribution in [2.75, 3.05) is 57.3 Å². The zero-order valence-electron chi connectivity index (χ0n) is 16.8. The Morgan fingerprint density at radius 3 is 2.59 bits per heavy atom. The van der Waals surface area contributed by atoms with Gasteiger partial charge in [0.1, 0.15) is 0 Å². The third-order valence-corrected chi connectivity index (χ3v) is 5.18. The molecule has 2 aliphatic heterocycles. The maximum Gasteiger partial charge on any atom is 0.324 e. The molecule has 10 heteroatoms. The number of urea groups is 1. The van der Waals surface area contributed by atoms with E-state index < -0.39 is 0 Å². The van der Waals surface area contributed by atoms with Gasteiger partial charge in [-0.1, -0.05) is 17.7 Å². The van der Waals surface area contributed by atoms with Gasteiger partial charge in [-0.15, -0.1) is 24.0 Å². The van der Waals surface area contributed by atoms with E-state index in [1.807, 2.05) is 25.1 Å². The average molecular weight is 535 g/mol. The molecule has 1 aromatic rings. The lowest BCUT2D eigenvalue weighted by Crippen LogP contribution is -2.52. The number of aryl methyl sites for hydroxylation is 1. The molecule has 0 atom stereocenters. The molecule has 0 spiro atoms. The van der Waals surface area contributed by atoms with Gasteiger partial charge in [-0.2, -0.15) is 0 Å². The van der Waals surface area contributed by atoms with Gasteiger partial charge in [0.05, 0.1) is 19.6 Å². The molecular formula is C19H28ClIN6O2. The summed E-state index contributed by atoms with van der Waals surface area (Å²) in [6.45, 7) is 9.05.